The first-order valence-electron chi connectivity index (χ1n) is 10.9. The van der Waals surface area contributed by atoms with E-state index in [0.29, 0.717) is 5.95 Å². The molecule has 7 nitrogen and oxygen atoms in total. The van der Waals surface area contributed by atoms with Crippen molar-refractivity contribution in [1.82, 2.24) is 19.9 Å². The second kappa shape index (κ2) is 11.8. The van der Waals surface area contributed by atoms with Gasteiger partial charge in [0.1, 0.15) is 0 Å². The molecule has 0 aliphatic carbocycles. The summed E-state index contributed by atoms with van der Waals surface area (Å²) in [5, 5.41) is 3.30. The number of hydrogen-bond acceptors (Lipinski definition) is 7. The maximum absolute atomic E-state index is 8.12. The molecule has 1 saturated heterocycles. The second-order valence-corrected chi connectivity index (χ2v) is 7.99. The van der Waals surface area contributed by atoms with Gasteiger partial charge < -0.3 is 10.2 Å². The van der Waals surface area contributed by atoms with Gasteiger partial charge in [0.15, 0.2) is 0 Å². The lowest BCUT2D eigenvalue weighted by atomic mass is 10.1. The predicted molar refractivity (Wildman–Crippen MR) is 123 cm³/mol. The predicted octanol–water partition coefficient (Wildman–Crippen LogP) is 4.34. The average molecular weight is 432 g/mol. The molecule has 2 aromatic heterocycles. The van der Waals surface area contributed by atoms with E-state index in [-0.39, 0.29) is 6.15 Å². The van der Waals surface area contributed by atoms with E-state index in [2.05, 4.69) is 69.3 Å². The van der Waals surface area contributed by atoms with Crippen LogP contribution in [-0.2, 0) is 16.0 Å². The van der Waals surface area contributed by atoms with Crippen molar-refractivity contribution in [2.24, 2.45) is 0 Å². The molecular formula is C25H29N5O2. The smallest absolute Gasteiger partial charge is 0.323 e. The first-order valence-corrected chi connectivity index (χ1v) is 10.9. The number of aromatic nitrogens is 3. The number of piperidine rings is 1. The number of rotatable bonds is 6. The number of carbonyl (C=O) groups excluding carboxylic acids is 2. The van der Waals surface area contributed by atoms with Crippen molar-refractivity contribution in [3.8, 4) is 11.1 Å². The molecule has 1 aliphatic heterocycles. The molecule has 1 aliphatic rings. The van der Waals surface area contributed by atoms with Gasteiger partial charge in [0, 0.05) is 30.2 Å². The van der Waals surface area contributed by atoms with Crippen molar-refractivity contribution in [3.63, 3.8) is 0 Å². The fourth-order valence-electron chi connectivity index (χ4n) is 3.78. The van der Waals surface area contributed by atoms with Crippen molar-refractivity contribution in [1.29, 1.82) is 0 Å². The van der Waals surface area contributed by atoms with Crippen LogP contribution in [0.2, 0.25) is 0 Å². The molecule has 1 fully saturated rings. The largest absolute Gasteiger partial charge is 0.373 e. The third kappa shape index (κ3) is 6.80. The van der Waals surface area contributed by atoms with Crippen LogP contribution in [0.25, 0.3) is 11.1 Å². The number of hydrogen-bond donors (Lipinski definition) is 1. The van der Waals surface area contributed by atoms with Gasteiger partial charge in [-0.05, 0) is 63.4 Å². The van der Waals surface area contributed by atoms with Crippen LogP contribution < -0.4 is 5.32 Å². The van der Waals surface area contributed by atoms with Crippen LogP contribution in [-0.4, -0.2) is 45.6 Å². The minimum Gasteiger partial charge on any atom is -0.323 e. The van der Waals surface area contributed by atoms with Crippen LogP contribution >= 0.6 is 0 Å². The average Bonchev–Trinajstić information content (AvgIpc) is 2.82. The lowest BCUT2D eigenvalue weighted by Gasteiger charge is -2.26. The van der Waals surface area contributed by atoms with Gasteiger partial charge in [0.2, 0.25) is 5.95 Å². The third-order valence-corrected chi connectivity index (χ3v) is 5.63. The Labute approximate surface area is 188 Å². The first-order chi connectivity index (χ1) is 15.6. The minimum absolute atomic E-state index is 0.250. The second-order valence-electron chi connectivity index (χ2n) is 7.99. The summed E-state index contributed by atoms with van der Waals surface area (Å²) in [5.74, 6) is 0.591. The highest BCUT2D eigenvalue weighted by Crippen LogP contribution is 2.21. The standard InChI is InChI=1S/C24H29N5.CO2/c1-18-6-8-20(9-7-18)22-15-26-24(27-16-22)28-23-14-21(19(2)25-17-23)10-13-29-11-4-3-5-12-29;2-1-3/h6-9,14-17H,3-5,10-13H2,1-2H3,(H,26,27,28);. The lowest BCUT2D eigenvalue weighted by Crippen LogP contribution is -2.31. The minimum atomic E-state index is 0.250. The Kier molecular flexibility index (Phi) is 8.61. The van der Waals surface area contributed by atoms with E-state index in [4.69, 9.17) is 9.59 Å². The molecular weight excluding hydrogens is 402 g/mol. The van der Waals surface area contributed by atoms with Crippen molar-refractivity contribution in [2.45, 2.75) is 39.5 Å². The number of anilines is 2. The molecule has 3 aromatic rings. The molecule has 3 heterocycles. The van der Waals surface area contributed by atoms with Gasteiger partial charge in [-0.1, -0.05) is 36.2 Å². The van der Waals surface area contributed by atoms with Gasteiger partial charge in [-0.3, -0.25) is 4.98 Å². The third-order valence-electron chi connectivity index (χ3n) is 5.63. The van der Waals surface area contributed by atoms with E-state index in [1.165, 1.54) is 43.5 Å². The van der Waals surface area contributed by atoms with Gasteiger partial charge in [0.25, 0.3) is 0 Å². The van der Waals surface area contributed by atoms with Crippen LogP contribution in [0.1, 0.15) is 36.1 Å². The molecule has 4 rings (SSSR count). The molecule has 0 bridgehead atoms. The van der Waals surface area contributed by atoms with E-state index >= 15 is 0 Å². The summed E-state index contributed by atoms with van der Waals surface area (Å²) < 4.78 is 0. The molecule has 7 heteroatoms. The number of pyridine rings is 1. The number of nitrogens with one attached hydrogen (secondary N) is 1. The molecule has 1 N–H and O–H groups in total. The quantitative estimate of drug-likeness (QED) is 0.621. The Hall–Kier alpha value is -3.41. The van der Waals surface area contributed by atoms with Gasteiger partial charge in [-0.2, -0.15) is 9.59 Å². The summed E-state index contributed by atoms with van der Waals surface area (Å²) in [4.78, 5) is 32.4. The Morgan fingerprint density at radius 2 is 1.56 bits per heavy atom. The zero-order valence-corrected chi connectivity index (χ0v) is 18.7. The highest BCUT2D eigenvalue weighted by atomic mass is 16.2. The molecule has 0 amide bonds. The van der Waals surface area contributed by atoms with Gasteiger partial charge >= 0.3 is 6.15 Å². The van der Waals surface area contributed by atoms with Crippen molar-refractivity contribution < 1.29 is 9.59 Å². The molecule has 0 saturated carbocycles. The highest BCUT2D eigenvalue weighted by molar-refractivity contribution is 5.63. The normalized spacial score (nSPS) is 13.6. The lowest BCUT2D eigenvalue weighted by molar-refractivity contribution is -0.191. The van der Waals surface area contributed by atoms with Crippen LogP contribution in [0.4, 0.5) is 11.6 Å². The zero-order valence-electron chi connectivity index (χ0n) is 18.7. The van der Waals surface area contributed by atoms with E-state index in [9.17, 15) is 0 Å². The SMILES string of the molecule is Cc1ccc(-c2cnc(Nc3cnc(C)c(CCN4CCCCC4)c3)nc2)cc1.O=C=O. The summed E-state index contributed by atoms with van der Waals surface area (Å²) in [6, 6.07) is 10.6. The Bertz CT molecular complexity index is 1020. The number of benzene rings is 1. The molecule has 32 heavy (non-hydrogen) atoms. The van der Waals surface area contributed by atoms with E-state index in [1.807, 2.05) is 18.6 Å². The van der Waals surface area contributed by atoms with Crippen LogP contribution in [0.3, 0.4) is 0 Å². The fraction of sp³-hybridized carbons (Fsp3) is 0.360. The monoisotopic (exact) mass is 431 g/mol. The Morgan fingerprint density at radius 3 is 2.22 bits per heavy atom. The van der Waals surface area contributed by atoms with Crippen LogP contribution in [0.5, 0.6) is 0 Å². The number of likely N-dealkylation sites (tertiary alicyclic amines) is 1. The van der Waals surface area contributed by atoms with Crippen molar-refractivity contribution in [3.05, 3.63) is 65.7 Å². The topological polar surface area (TPSA) is 88.1 Å². The fourth-order valence-corrected chi connectivity index (χ4v) is 3.78. The Morgan fingerprint density at radius 1 is 0.906 bits per heavy atom. The van der Waals surface area contributed by atoms with Crippen molar-refractivity contribution >= 4 is 17.8 Å². The maximum Gasteiger partial charge on any atom is 0.373 e. The molecule has 0 unspecified atom stereocenters. The summed E-state index contributed by atoms with van der Waals surface area (Å²) in [7, 11) is 0. The molecule has 0 atom stereocenters. The molecule has 0 radical (unpaired) electrons. The summed E-state index contributed by atoms with van der Waals surface area (Å²) in [5.41, 5.74) is 6.71. The maximum atomic E-state index is 8.12. The van der Waals surface area contributed by atoms with Gasteiger partial charge in [-0.15, -0.1) is 0 Å². The van der Waals surface area contributed by atoms with Crippen LogP contribution in [0, 0.1) is 13.8 Å². The molecule has 0 spiro atoms. The van der Waals surface area contributed by atoms with Gasteiger partial charge in [-0.25, -0.2) is 9.97 Å². The van der Waals surface area contributed by atoms with E-state index < -0.39 is 0 Å². The van der Waals surface area contributed by atoms with E-state index in [0.717, 1.165) is 35.5 Å². The summed E-state index contributed by atoms with van der Waals surface area (Å²) >= 11 is 0. The van der Waals surface area contributed by atoms with E-state index in [1.54, 1.807) is 0 Å². The van der Waals surface area contributed by atoms with Gasteiger partial charge in [0.05, 0.1) is 11.9 Å². The zero-order chi connectivity index (χ0) is 22.8. The summed E-state index contributed by atoms with van der Waals surface area (Å²) in [6.45, 7) is 7.73. The molecule has 166 valence electrons. The van der Waals surface area contributed by atoms with Crippen LogP contribution in [0.15, 0.2) is 48.9 Å². The summed E-state index contributed by atoms with van der Waals surface area (Å²) in [6.07, 6.45) is 10.9. The number of nitrogens with zero attached hydrogens (tertiary/aromatic N) is 4. The number of aryl methyl sites for hydroxylation is 2. The Balaban J connectivity index is 0.000000913. The first kappa shape index (κ1) is 23.3. The highest BCUT2D eigenvalue weighted by Gasteiger charge is 2.11. The molecule has 1 aromatic carbocycles. The van der Waals surface area contributed by atoms with Crippen molar-refractivity contribution in [2.75, 3.05) is 25.0 Å².